The van der Waals surface area contributed by atoms with Crippen LogP contribution in [0.1, 0.15) is 10.6 Å². The first-order valence-corrected chi connectivity index (χ1v) is 8.82. The zero-order chi connectivity index (χ0) is 18.8. The summed E-state index contributed by atoms with van der Waals surface area (Å²) in [4.78, 5) is 17.6. The Balaban J connectivity index is 1.75. The van der Waals surface area contributed by atoms with Crippen LogP contribution in [-0.2, 0) is 0 Å². The van der Waals surface area contributed by atoms with Crippen molar-refractivity contribution in [3.8, 4) is 16.4 Å². The van der Waals surface area contributed by atoms with Crippen LogP contribution >= 0.6 is 11.3 Å². The van der Waals surface area contributed by atoms with E-state index >= 15 is 0 Å². The third-order valence-electron chi connectivity index (χ3n) is 3.73. The Bertz CT molecular complexity index is 1110. The number of thiophene rings is 1. The zero-order valence-corrected chi connectivity index (χ0v) is 14.6. The largest absolute Gasteiger partial charge is 0.317 e. The Kier molecular flexibility index (Phi) is 4.47. The minimum Gasteiger partial charge on any atom is -0.317 e. The van der Waals surface area contributed by atoms with E-state index in [2.05, 4.69) is 15.4 Å². The summed E-state index contributed by atoms with van der Waals surface area (Å²) in [5.74, 6) is -1.40. The Morgan fingerprint density at radius 2 is 1.89 bits per heavy atom. The van der Waals surface area contributed by atoms with E-state index in [1.54, 1.807) is 18.2 Å². The van der Waals surface area contributed by atoms with Crippen molar-refractivity contribution in [2.24, 2.45) is 0 Å². The highest BCUT2D eigenvalue weighted by atomic mass is 32.1. The van der Waals surface area contributed by atoms with Crippen LogP contribution in [0, 0.1) is 11.6 Å². The third kappa shape index (κ3) is 3.47. The molecule has 5 nitrogen and oxygen atoms in total. The highest BCUT2D eigenvalue weighted by Gasteiger charge is 2.20. The summed E-state index contributed by atoms with van der Waals surface area (Å²) in [6, 6.07) is 15.3. The molecule has 0 unspecified atom stereocenters. The van der Waals surface area contributed by atoms with E-state index in [-0.39, 0.29) is 11.5 Å². The van der Waals surface area contributed by atoms with Crippen LogP contribution in [-0.4, -0.2) is 20.7 Å². The number of hydrogen-bond acceptors (Lipinski definition) is 4. The number of aromatic nitrogens is 3. The molecular formula is C19H12F2N4OS. The van der Waals surface area contributed by atoms with Crippen LogP contribution in [0.3, 0.4) is 0 Å². The van der Waals surface area contributed by atoms with Crippen LogP contribution in [0.25, 0.3) is 16.4 Å². The standard InChI is InChI=1S/C19H12F2N4OS/c20-12-5-3-6-13(11-12)25-18(16-9-4-10-27-16)23-17(24-25)19(26)22-15-8-2-1-7-14(15)21/h1-11H,(H,22,26). The molecule has 8 heteroatoms. The van der Waals surface area contributed by atoms with Crippen molar-refractivity contribution in [2.45, 2.75) is 0 Å². The van der Waals surface area contributed by atoms with Crippen molar-refractivity contribution in [1.29, 1.82) is 0 Å². The summed E-state index contributed by atoms with van der Waals surface area (Å²) in [7, 11) is 0. The van der Waals surface area contributed by atoms with E-state index in [1.807, 2.05) is 17.5 Å². The molecule has 0 saturated carbocycles. The molecular weight excluding hydrogens is 370 g/mol. The molecule has 1 amide bonds. The van der Waals surface area contributed by atoms with Gasteiger partial charge in [-0.15, -0.1) is 16.4 Å². The van der Waals surface area contributed by atoms with E-state index in [1.165, 1.54) is 46.4 Å². The van der Waals surface area contributed by atoms with Gasteiger partial charge in [-0.05, 0) is 41.8 Å². The molecule has 1 N–H and O–H groups in total. The molecule has 0 atom stereocenters. The van der Waals surface area contributed by atoms with Crippen molar-refractivity contribution in [3.63, 3.8) is 0 Å². The number of amides is 1. The summed E-state index contributed by atoms with van der Waals surface area (Å²) in [5.41, 5.74) is 0.457. The number of para-hydroxylation sites is 1. The van der Waals surface area contributed by atoms with Crippen molar-refractivity contribution in [2.75, 3.05) is 5.32 Å². The first kappa shape index (κ1) is 17.0. The van der Waals surface area contributed by atoms with Crippen LogP contribution in [0.4, 0.5) is 14.5 Å². The molecule has 2 aromatic carbocycles. The average Bonchev–Trinajstić information content (AvgIpc) is 3.33. The minimum atomic E-state index is -0.659. The first-order chi connectivity index (χ1) is 13.1. The molecule has 0 aliphatic heterocycles. The molecule has 0 fully saturated rings. The predicted molar refractivity (Wildman–Crippen MR) is 99.0 cm³/mol. The number of rotatable bonds is 4. The van der Waals surface area contributed by atoms with Gasteiger partial charge in [0.1, 0.15) is 11.6 Å². The lowest BCUT2D eigenvalue weighted by atomic mass is 10.3. The maximum Gasteiger partial charge on any atom is 0.295 e. The molecule has 0 bridgehead atoms. The zero-order valence-electron chi connectivity index (χ0n) is 13.8. The van der Waals surface area contributed by atoms with Gasteiger partial charge in [-0.2, -0.15) is 0 Å². The highest BCUT2D eigenvalue weighted by molar-refractivity contribution is 7.13. The van der Waals surface area contributed by atoms with E-state index in [9.17, 15) is 13.6 Å². The van der Waals surface area contributed by atoms with Gasteiger partial charge < -0.3 is 5.32 Å². The normalized spacial score (nSPS) is 10.7. The van der Waals surface area contributed by atoms with Crippen LogP contribution in [0.5, 0.6) is 0 Å². The van der Waals surface area contributed by atoms with E-state index in [0.29, 0.717) is 11.5 Å². The van der Waals surface area contributed by atoms with Gasteiger partial charge in [0.25, 0.3) is 5.91 Å². The lowest BCUT2D eigenvalue weighted by molar-refractivity contribution is 0.101. The fourth-order valence-corrected chi connectivity index (χ4v) is 3.20. The Labute approximate surface area is 156 Å². The summed E-state index contributed by atoms with van der Waals surface area (Å²) in [5, 5.41) is 8.53. The summed E-state index contributed by atoms with van der Waals surface area (Å²) in [6.45, 7) is 0. The molecule has 4 aromatic rings. The summed E-state index contributed by atoms with van der Waals surface area (Å²) >= 11 is 1.41. The van der Waals surface area contributed by atoms with Gasteiger partial charge in [-0.3, -0.25) is 4.79 Å². The Morgan fingerprint density at radius 1 is 1.04 bits per heavy atom. The molecule has 0 saturated heterocycles. The third-order valence-corrected chi connectivity index (χ3v) is 4.59. The number of carbonyl (C=O) groups excluding carboxylic acids is 1. The van der Waals surface area contributed by atoms with Gasteiger partial charge in [0, 0.05) is 0 Å². The number of anilines is 1. The quantitative estimate of drug-likeness (QED) is 0.564. The van der Waals surface area contributed by atoms with Crippen molar-refractivity contribution in [3.05, 3.63) is 83.5 Å². The first-order valence-electron chi connectivity index (χ1n) is 7.94. The molecule has 4 rings (SSSR count). The summed E-state index contributed by atoms with van der Waals surface area (Å²) in [6.07, 6.45) is 0. The number of halogens is 2. The number of benzene rings is 2. The van der Waals surface area contributed by atoms with Gasteiger partial charge >= 0.3 is 0 Å². The molecule has 134 valence electrons. The van der Waals surface area contributed by atoms with Crippen molar-refractivity contribution in [1.82, 2.24) is 14.8 Å². The average molecular weight is 382 g/mol. The molecule has 0 aliphatic carbocycles. The Morgan fingerprint density at radius 3 is 2.63 bits per heavy atom. The summed E-state index contributed by atoms with van der Waals surface area (Å²) < 4.78 is 28.8. The number of nitrogens with zero attached hydrogens (tertiary/aromatic N) is 3. The fourth-order valence-electron chi connectivity index (χ4n) is 2.50. The number of carbonyl (C=O) groups is 1. The van der Waals surface area contributed by atoms with E-state index in [4.69, 9.17) is 0 Å². The monoisotopic (exact) mass is 382 g/mol. The molecule has 0 radical (unpaired) electrons. The predicted octanol–water partition coefficient (Wildman–Crippen LogP) is 4.53. The second-order valence-corrected chi connectivity index (χ2v) is 6.51. The van der Waals surface area contributed by atoms with Gasteiger partial charge in [-0.1, -0.05) is 24.3 Å². The molecule has 2 heterocycles. The molecule has 0 spiro atoms. The van der Waals surface area contributed by atoms with E-state index < -0.39 is 17.5 Å². The lowest BCUT2D eigenvalue weighted by Gasteiger charge is -2.04. The molecule has 2 aromatic heterocycles. The smallest absolute Gasteiger partial charge is 0.295 e. The van der Waals surface area contributed by atoms with Crippen LogP contribution in [0.2, 0.25) is 0 Å². The second kappa shape index (κ2) is 7.08. The Hall–Kier alpha value is -3.39. The fraction of sp³-hybridized carbons (Fsp3) is 0. The van der Waals surface area contributed by atoms with Crippen molar-refractivity contribution < 1.29 is 13.6 Å². The number of hydrogen-bond donors (Lipinski definition) is 1. The maximum absolute atomic E-state index is 13.8. The molecule has 27 heavy (non-hydrogen) atoms. The van der Waals surface area contributed by atoms with Crippen LogP contribution in [0.15, 0.2) is 66.0 Å². The molecule has 0 aliphatic rings. The topological polar surface area (TPSA) is 59.8 Å². The second-order valence-electron chi connectivity index (χ2n) is 5.56. The van der Waals surface area contributed by atoms with Gasteiger partial charge in [0.05, 0.1) is 16.3 Å². The SMILES string of the molecule is O=C(Nc1ccccc1F)c1nc(-c2cccs2)n(-c2cccc(F)c2)n1. The van der Waals surface area contributed by atoms with E-state index in [0.717, 1.165) is 4.88 Å². The van der Waals surface area contributed by atoms with Crippen molar-refractivity contribution >= 4 is 22.9 Å². The van der Waals surface area contributed by atoms with Gasteiger partial charge in [-0.25, -0.2) is 18.4 Å². The number of nitrogens with one attached hydrogen (secondary N) is 1. The van der Waals surface area contributed by atoms with Crippen LogP contribution < -0.4 is 5.32 Å². The van der Waals surface area contributed by atoms with Gasteiger partial charge in [0.15, 0.2) is 5.82 Å². The maximum atomic E-state index is 13.8. The lowest BCUT2D eigenvalue weighted by Crippen LogP contribution is -2.15. The minimum absolute atomic E-state index is 0.0299. The van der Waals surface area contributed by atoms with Gasteiger partial charge in [0.2, 0.25) is 5.82 Å². The highest BCUT2D eigenvalue weighted by Crippen LogP contribution is 2.26.